The highest BCUT2D eigenvalue weighted by molar-refractivity contribution is 8.00. The number of carbonyl (C=O) groups is 1. The zero-order valence-corrected chi connectivity index (χ0v) is 17.1. The summed E-state index contributed by atoms with van der Waals surface area (Å²) < 4.78 is 1.91. The molecule has 0 spiro atoms. The van der Waals surface area contributed by atoms with Gasteiger partial charge in [0, 0.05) is 11.3 Å². The molecule has 3 aromatic carbocycles. The van der Waals surface area contributed by atoms with E-state index >= 15 is 0 Å². The Labute approximate surface area is 174 Å². The summed E-state index contributed by atoms with van der Waals surface area (Å²) in [5.41, 5.74) is 4.90. The lowest BCUT2D eigenvalue weighted by atomic mass is 10.0. The predicted molar refractivity (Wildman–Crippen MR) is 117 cm³/mol. The van der Waals surface area contributed by atoms with Crippen molar-refractivity contribution in [2.45, 2.75) is 24.3 Å². The van der Waals surface area contributed by atoms with Crippen LogP contribution in [0.25, 0.3) is 5.69 Å². The van der Waals surface area contributed by atoms with Crippen molar-refractivity contribution >= 4 is 17.5 Å². The average molecular weight is 400 g/mol. The summed E-state index contributed by atoms with van der Waals surface area (Å²) in [7, 11) is 0. The van der Waals surface area contributed by atoms with Crippen molar-refractivity contribution in [3.63, 3.8) is 0 Å². The molecular weight excluding hydrogens is 378 g/mol. The third kappa shape index (κ3) is 4.30. The van der Waals surface area contributed by atoms with E-state index in [9.17, 15) is 4.79 Å². The first kappa shape index (κ1) is 19.2. The summed E-state index contributed by atoms with van der Waals surface area (Å²) in [5, 5.41) is 8.64. The van der Waals surface area contributed by atoms with Crippen LogP contribution >= 0.6 is 11.8 Å². The fourth-order valence-electron chi connectivity index (χ4n) is 3.06. The topological polar surface area (TPSA) is 47.8 Å². The van der Waals surface area contributed by atoms with Crippen LogP contribution in [0.4, 0.5) is 0 Å². The van der Waals surface area contributed by atoms with Crippen molar-refractivity contribution < 1.29 is 4.79 Å². The second kappa shape index (κ2) is 8.45. The molecule has 1 atom stereocenters. The van der Waals surface area contributed by atoms with Crippen LogP contribution < -0.4 is 0 Å². The molecule has 0 fully saturated rings. The maximum atomic E-state index is 13.4. The molecule has 0 aliphatic heterocycles. The quantitative estimate of drug-likeness (QED) is 0.313. The molecular formula is C24H21N3OS. The number of Topliss-reactive ketones (excluding diaryl/α,β-unsaturated/α-hetero) is 1. The molecule has 29 heavy (non-hydrogen) atoms. The van der Waals surface area contributed by atoms with Gasteiger partial charge >= 0.3 is 0 Å². The zero-order chi connectivity index (χ0) is 20.2. The fourth-order valence-corrected chi connectivity index (χ4v) is 4.17. The lowest BCUT2D eigenvalue weighted by Crippen LogP contribution is -2.11. The molecule has 1 unspecified atom stereocenters. The summed E-state index contributed by atoms with van der Waals surface area (Å²) in [6, 6.07) is 25.7. The van der Waals surface area contributed by atoms with E-state index in [1.807, 2.05) is 97.3 Å². The van der Waals surface area contributed by atoms with Crippen molar-refractivity contribution in [2.24, 2.45) is 0 Å². The standard InChI is InChI=1S/C24H21N3OS/c1-17-8-12-19(13-9-17)22(28)23(20-14-10-18(2)11-15-20)29-24-26-25-16-27(24)21-6-4-3-5-7-21/h3-16,23H,1-2H3. The normalized spacial score (nSPS) is 11.9. The van der Waals surface area contributed by atoms with Gasteiger partial charge in [-0.25, -0.2) is 0 Å². The third-order valence-electron chi connectivity index (χ3n) is 4.73. The number of benzene rings is 3. The van der Waals surface area contributed by atoms with Crippen molar-refractivity contribution in [3.05, 3.63) is 107 Å². The number of carbonyl (C=O) groups excluding carboxylic acids is 1. The number of aromatic nitrogens is 3. The van der Waals surface area contributed by atoms with Gasteiger partial charge in [-0.15, -0.1) is 10.2 Å². The number of ketones is 1. The van der Waals surface area contributed by atoms with Crippen molar-refractivity contribution in [1.29, 1.82) is 0 Å². The Kier molecular flexibility index (Phi) is 5.58. The lowest BCUT2D eigenvalue weighted by molar-refractivity contribution is 0.0989. The van der Waals surface area contributed by atoms with Gasteiger partial charge in [0.2, 0.25) is 0 Å². The highest BCUT2D eigenvalue weighted by Gasteiger charge is 2.26. The van der Waals surface area contributed by atoms with Gasteiger partial charge in [-0.2, -0.15) is 0 Å². The molecule has 144 valence electrons. The first-order valence-corrected chi connectivity index (χ1v) is 10.3. The van der Waals surface area contributed by atoms with E-state index in [0.29, 0.717) is 10.7 Å². The van der Waals surface area contributed by atoms with Gasteiger partial charge in [-0.1, -0.05) is 89.6 Å². The number of aryl methyl sites for hydroxylation is 2. The molecule has 4 aromatic rings. The second-order valence-electron chi connectivity index (χ2n) is 6.96. The van der Waals surface area contributed by atoms with E-state index in [1.54, 1.807) is 6.33 Å². The number of nitrogens with zero attached hydrogens (tertiary/aromatic N) is 3. The van der Waals surface area contributed by atoms with Crippen molar-refractivity contribution in [2.75, 3.05) is 0 Å². The Bertz CT molecular complexity index is 1100. The van der Waals surface area contributed by atoms with E-state index in [-0.39, 0.29) is 5.78 Å². The smallest absolute Gasteiger partial charge is 0.196 e. The van der Waals surface area contributed by atoms with Crippen LogP contribution in [-0.4, -0.2) is 20.5 Å². The molecule has 1 heterocycles. The van der Waals surface area contributed by atoms with Gasteiger partial charge in [0.15, 0.2) is 10.9 Å². The first-order chi connectivity index (χ1) is 14.1. The van der Waals surface area contributed by atoms with Crippen LogP contribution in [0.5, 0.6) is 0 Å². The molecule has 0 aliphatic rings. The molecule has 0 bridgehead atoms. The molecule has 0 amide bonds. The maximum Gasteiger partial charge on any atom is 0.196 e. The molecule has 0 radical (unpaired) electrons. The first-order valence-electron chi connectivity index (χ1n) is 9.41. The van der Waals surface area contributed by atoms with E-state index in [4.69, 9.17) is 0 Å². The molecule has 4 nitrogen and oxygen atoms in total. The molecule has 0 N–H and O–H groups in total. The molecule has 4 rings (SSSR count). The Morgan fingerprint density at radius 1 is 0.862 bits per heavy atom. The zero-order valence-electron chi connectivity index (χ0n) is 16.3. The lowest BCUT2D eigenvalue weighted by Gasteiger charge is -2.17. The van der Waals surface area contributed by atoms with E-state index in [2.05, 4.69) is 10.2 Å². The van der Waals surface area contributed by atoms with E-state index in [1.165, 1.54) is 11.8 Å². The van der Waals surface area contributed by atoms with Crippen LogP contribution in [0.3, 0.4) is 0 Å². The Morgan fingerprint density at radius 3 is 2.14 bits per heavy atom. The van der Waals surface area contributed by atoms with Crippen LogP contribution in [-0.2, 0) is 0 Å². The summed E-state index contributed by atoms with van der Waals surface area (Å²) in [5.74, 6) is 0.0569. The second-order valence-corrected chi connectivity index (χ2v) is 8.03. The Hall–Kier alpha value is -3.18. The summed E-state index contributed by atoms with van der Waals surface area (Å²) in [6.07, 6.45) is 1.68. The highest BCUT2D eigenvalue weighted by Crippen LogP contribution is 2.37. The van der Waals surface area contributed by atoms with E-state index in [0.717, 1.165) is 22.4 Å². The molecule has 0 aliphatic carbocycles. The van der Waals surface area contributed by atoms with Gasteiger partial charge in [0.25, 0.3) is 0 Å². The monoisotopic (exact) mass is 399 g/mol. The molecule has 5 heteroatoms. The van der Waals surface area contributed by atoms with Crippen LogP contribution in [0.1, 0.15) is 32.3 Å². The van der Waals surface area contributed by atoms with Crippen molar-refractivity contribution in [3.8, 4) is 5.69 Å². The minimum absolute atomic E-state index is 0.0569. The van der Waals surface area contributed by atoms with Crippen LogP contribution in [0.15, 0.2) is 90.3 Å². The van der Waals surface area contributed by atoms with Gasteiger partial charge in [0.1, 0.15) is 11.6 Å². The number of rotatable bonds is 6. The number of thioether (sulfide) groups is 1. The predicted octanol–water partition coefficient (Wildman–Crippen LogP) is 5.60. The van der Waals surface area contributed by atoms with Gasteiger partial charge in [-0.05, 0) is 31.5 Å². The van der Waals surface area contributed by atoms with Crippen LogP contribution in [0.2, 0.25) is 0 Å². The van der Waals surface area contributed by atoms with Gasteiger partial charge in [-0.3, -0.25) is 9.36 Å². The number of hydrogen-bond acceptors (Lipinski definition) is 4. The SMILES string of the molecule is Cc1ccc(C(=O)C(Sc2nncn2-c2ccccc2)c2ccc(C)cc2)cc1. The van der Waals surface area contributed by atoms with E-state index < -0.39 is 5.25 Å². The van der Waals surface area contributed by atoms with Gasteiger partial charge in [0.05, 0.1) is 0 Å². The molecule has 0 saturated carbocycles. The Morgan fingerprint density at radius 2 is 1.48 bits per heavy atom. The third-order valence-corrected chi connectivity index (χ3v) is 5.94. The van der Waals surface area contributed by atoms with Gasteiger partial charge < -0.3 is 0 Å². The summed E-state index contributed by atoms with van der Waals surface area (Å²) in [4.78, 5) is 13.4. The molecule has 1 aromatic heterocycles. The minimum atomic E-state index is -0.412. The maximum absolute atomic E-state index is 13.4. The fraction of sp³-hybridized carbons (Fsp3) is 0.125. The largest absolute Gasteiger partial charge is 0.293 e. The highest BCUT2D eigenvalue weighted by atomic mass is 32.2. The van der Waals surface area contributed by atoms with Crippen LogP contribution in [0, 0.1) is 13.8 Å². The number of para-hydroxylation sites is 1. The summed E-state index contributed by atoms with van der Waals surface area (Å²) >= 11 is 1.42. The summed E-state index contributed by atoms with van der Waals surface area (Å²) in [6.45, 7) is 4.06. The minimum Gasteiger partial charge on any atom is -0.293 e. The Balaban J connectivity index is 1.72. The average Bonchev–Trinajstić information content (AvgIpc) is 3.22. The molecule has 0 saturated heterocycles. The van der Waals surface area contributed by atoms with Crippen molar-refractivity contribution in [1.82, 2.24) is 14.8 Å². The number of hydrogen-bond donors (Lipinski definition) is 0.